The first-order valence-corrected chi connectivity index (χ1v) is 5.17. The molecule has 2 nitrogen and oxygen atoms in total. The Hall–Kier alpha value is -1.09. The van der Waals surface area contributed by atoms with E-state index < -0.39 is 5.67 Å². The Kier molecular flexibility index (Phi) is 2.65. The Balaban J connectivity index is 2.27. The van der Waals surface area contributed by atoms with Crippen molar-refractivity contribution in [3.05, 3.63) is 29.8 Å². The van der Waals surface area contributed by atoms with Gasteiger partial charge >= 0.3 is 0 Å². The maximum atomic E-state index is 14.5. The van der Waals surface area contributed by atoms with E-state index in [1.54, 1.807) is 25.1 Å². The quantitative estimate of drug-likeness (QED) is 0.813. The monoisotopic (exact) mass is 210 g/mol. The molecule has 1 aromatic carbocycles. The van der Waals surface area contributed by atoms with Crippen LogP contribution in [0.1, 0.15) is 18.9 Å². The van der Waals surface area contributed by atoms with Gasteiger partial charge in [-0.3, -0.25) is 0 Å². The Labute approximate surface area is 88.7 Å². The van der Waals surface area contributed by atoms with E-state index in [4.69, 9.17) is 4.74 Å². The first-order valence-electron chi connectivity index (χ1n) is 5.17. The predicted molar refractivity (Wildman–Crippen MR) is 55.5 cm³/mol. The van der Waals surface area contributed by atoms with Crippen molar-refractivity contribution >= 4 is 0 Å². The third kappa shape index (κ3) is 1.97. The van der Waals surface area contributed by atoms with Crippen molar-refractivity contribution in [3.8, 4) is 5.75 Å². The van der Waals surface area contributed by atoms with Crippen LogP contribution in [0.15, 0.2) is 24.3 Å². The van der Waals surface area contributed by atoms with Crippen LogP contribution < -0.4 is 0 Å². The average molecular weight is 210 g/mol. The smallest absolute Gasteiger partial charge is 0.138 e. The van der Waals surface area contributed by atoms with Crippen LogP contribution in [-0.2, 0) is 10.4 Å². The lowest BCUT2D eigenvalue weighted by Crippen LogP contribution is -2.27. The van der Waals surface area contributed by atoms with Gasteiger partial charge in [0, 0.05) is 12.5 Å². The minimum atomic E-state index is -1.42. The molecule has 0 spiro atoms. The zero-order chi connectivity index (χ0) is 10.9. The lowest BCUT2D eigenvalue weighted by molar-refractivity contribution is 0.0822. The largest absolute Gasteiger partial charge is 0.508 e. The van der Waals surface area contributed by atoms with Crippen LogP contribution >= 0.6 is 0 Å². The van der Waals surface area contributed by atoms with Crippen molar-refractivity contribution in [3.63, 3.8) is 0 Å². The van der Waals surface area contributed by atoms with Gasteiger partial charge in [-0.1, -0.05) is 12.1 Å². The maximum Gasteiger partial charge on any atom is 0.138 e. The Morgan fingerprint density at radius 1 is 1.53 bits per heavy atom. The predicted octanol–water partition coefficient (Wildman–Crippen LogP) is 2.61. The van der Waals surface area contributed by atoms with Crippen LogP contribution in [0, 0.1) is 5.92 Å². The van der Waals surface area contributed by atoms with Gasteiger partial charge in [-0.2, -0.15) is 0 Å². The SMILES string of the molecule is CC(F)(c1cccc(O)c1)C1CCOC1. The van der Waals surface area contributed by atoms with Gasteiger partial charge in [0.05, 0.1) is 6.61 Å². The number of hydrogen-bond acceptors (Lipinski definition) is 2. The molecule has 15 heavy (non-hydrogen) atoms. The zero-order valence-corrected chi connectivity index (χ0v) is 8.74. The summed E-state index contributed by atoms with van der Waals surface area (Å²) >= 11 is 0. The fourth-order valence-electron chi connectivity index (χ4n) is 2.01. The topological polar surface area (TPSA) is 29.5 Å². The normalized spacial score (nSPS) is 25.1. The van der Waals surface area contributed by atoms with E-state index in [-0.39, 0.29) is 11.7 Å². The molecule has 0 bridgehead atoms. The van der Waals surface area contributed by atoms with E-state index in [1.807, 2.05) is 0 Å². The molecule has 0 amide bonds. The number of aromatic hydroxyl groups is 1. The molecule has 0 saturated carbocycles. The highest BCUT2D eigenvalue weighted by Gasteiger charge is 2.38. The van der Waals surface area contributed by atoms with E-state index in [1.165, 1.54) is 6.07 Å². The zero-order valence-electron chi connectivity index (χ0n) is 8.74. The number of phenols is 1. The molecule has 0 aromatic heterocycles. The lowest BCUT2D eigenvalue weighted by Gasteiger charge is -2.26. The standard InChI is InChI=1S/C12H15FO2/c1-12(13,10-5-6-15-8-10)9-3-2-4-11(14)7-9/h2-4,7,10,14H,5-6,8H2,1H3. The van der Waals surface area contributed by atoms with Crippen molar-refractivity contribution in [2.45, 2.75) is 19.0 Å². The molecule has 2 rings (SSSR count). The molecular weight excluding hydrogens is 195 g/mol. The Bertz CT molecular complexity index is 343. The number of rotatable bonds is 2. The summed E-state index contributed by atoms with van der Waals surface area (Å²) in [6.45, 7) is 2.65. The minimum absolute atomic E-state index is 0.107. The van der Waals surface area contributed by atoms with E-state index in [0.29, 0.717) is 18.8 Å². The van der Waals surface area contributed by atoms with E-state index in [9.17, 15) is 9.50 Å². The first-order chi connectivity index (χ1) is 7.10. The molecular formula is C12H15FO2. The summed E-state index contributed by atoms with van der Waals surface area (Å²) in [4.78, 5) is 0. The molecule has 1 aromatic rings. The molecule has 1 aliphatic rings. The summed E-state index contributed by atoms with van der Waals surface area (Å²) in [5.74, 6) is -0.00501. The second kappa shape index (κ2) is 3.81. The summed E-state index contributed by atoms with van der Waals surface area (Å²) in [6, 6.07) is 6.40. The van der Waals surface area contributed by atoms with Crippen molar-refractivity contribution in [2.75, 3.05) is 13.2 Å². The van der Waals surface area contributed by atoms with E-state index >= 15 is 0 Å². The fourth-order valence-corrected chi connectivity index (χ4v) is 2.01. The van der Waals surface area contributed by atoms with Crippen LogP contribution in [0.5, 0.6) is 5.75 Å². The van der Waals surface area contributed by atoms with Gasteiger partial charge in [0.2, 0.25) is 0 Å². The molecule has 2 unspecified atom stereocenters. The molecule has 1 aliphatic heterocycles. The molecule has 0 aliphatic carbocycles. The van der Waals surface area contributed by atoms with Crippen molar-refractivity contribution in [1.29, 1.82) is 0 Å². The van der Waals surface area contributed by atoms with Gasteiger partial charge in [-0.05, 0) is 31.0 Å². The number of ether oxygens (including phenoxy) is 1. The highest BCUT2D eigenvalue weighted by atomic mass is 19.1. The molecule has 82 valence electrons. The minimum Gasteiger partial charge on any atom is -0.508 e. The molecule has 1 heterocycles. The van der Waals surface area contributed by atoms with Gasteiger partial charge in [-0.25, -0.2) is 4.39 Å². The van der Waals surface area contributed by atoms with Gasteiger partial charge in [0.1, 0.15) is 11.4 Å². The molecule has 1 saturated heterocycles. The summed E-state index contributed by atoms with van der Waals surface area (Å²) in [5.41, 5.74) is -0.895. The van der Waals surface area contributed by atoms with Gasteiger partial charge in [0.25, 0.3) is 0 Å². The number of phenolic OH excluding ortho intramolecular Hbond substituents is 1. The molecule has 1 fully saturated rings. The summed E-state index contributed by atoms with van der Waals surface area (Å²) in [5, 5.41) is 9.32. The second-order valence-corrected chi connectivity index (χ2v) is 4.19. The van der Waals surface area contributed by atoms with Crippen LogP contribution in [0.2, 0.25) is 0 Å². The van der Waals surface area contributed by atoms with E-state index in [2.05, 4.69) is 0 Å². The number of hydrogen-bond donors (Lipinski definition) is 1. The van der Waals surface area contributed by atoms with Gasteiger partial charge < -0.3 is 9.84 Å². The molecule has 1 N–H and O–H groups in total. The summed E-state index contributed by atoms with van der Waals surface area (Å²) in [6.07, 6.45) is 0.739. The van der Waals surface area contributed by atoms with Crippen molar-refractivity contribution in [2.24, 2.45) is 5.92 Å². The summed E-state index contributed by atoms with van der Waals surface area (Å²) in [7, 11) is 0. The van der Waals surface area contributed by atoms with Crippen LogP contribution in [0.4, 0.5) is 4.39 Å². The van der Waals surface area contributed by atoms with Crippen LogP contribution in [-0.4, -0.2) is 18.3 Å². The fraction of sp³-hybridized carbons (Fsp3) is 0.500. The number of halogens is 1. The van der Waals surface area contributed by atoms with Crippen molar-refractivity contribution in [1.82, 2.24) is 0 Å². The Morgan fingerprint density at radius 3 is 2.93 bits per heavy atom. The summed E-state index contributed by atoms with van der Waals surface area (Å²) < 4.78 is 19.7. The average Bonchev–Trinajstić information content (AvgIpc) is 2.71. The highest BCUT2D eigenvalue weighted by Crippen LogP contribution is 2.39. The molecule has 0 radical (unpaired) electrons. The third-order valence-corrected chi connectivity index (χ3v) is 3.11. The van der Waals surface area contributed by atoms with Gasteiger partial charge in [-0.15, -0.1) is 0 Å². The molecule has 2 atom stereocenters. The number of alkyl halides is 1. The third-order valence-electron chi connectivity index (χ3n) is 3.11. The van der Waals surface area contributed by atoms with Crippen LogP contribution in [0.25, 0.3) is 0 Å². The first kappa shape index (κ1) is 10.4. The van der Waals surface area contributed by atoms with Crippen molar-refractivity contribution < 1.29 is 14.2 Å². The van der Waals surface area contributed by atoms with Gasteiger partial charge in [0.15, 0.2) is 0 Å². The lowest BCUT2D eigenvalue weighted by atomic mass is 9.84. The number of benzene rings is 1. The van der Waals surface area contributed by atoms with Crippen LogP contribution in [0.3, 0.4) is 0 Å². The van der Waals surface area contributed by atoms with E-state index in [0.717, 1.165) is 6.42 Å². The second-order valence-electron chi connectivity index (χ2n) is 4.19. The molecule has 3 heteroatoms. The Morgan fingerprint density at radius 2 is 2.33 bits per heavy atom. The maximum absolute atomic E-state index is 14.5. The highest BCUT2D eigenvalue weighted by molar-refractivity contribution is 5.31.